The normalized spacial score (nSPS) is 13.0. The van der Waals surface area contributed by atoms with E-state index >= 15 is 0 Å². The molecule has 0 atom stereocenters. The average molecular weight is 404 g/mol. The summed E-state index contributed by atoms with van der Waals surface area (Å²) in [6.07, 6.45) is 0. The monoisotopic (exact) mass is 406 g/mol. The molecule has 2 heteroatoms. The molecule has 1 aromatic rings. The second kappa shape index (κ2) is 4.36. The molecular formula is C12H22Sn2. The molecule has 0 aromatic heterocycles. The molecule has 0 fully saturated rings. The molecule has 0 aliphatic rings. The van der Waals surface area contributed by atoms with E-state index in [1.165, 1.54) is 0 Å². The molecular weight excluding hydrogens is 382 g/mol. The first kappa shape index (κ1) is 12.9. The third-order valence-electron chi connectivity index (χ3n) is 2.54. The molecule has 0 aliphatic heterocycles. The Morgan fingerprint density at radius 1 is 0.643 bits per heavy atom. The van der Waals surface area contributed by atoms with Crippen LogP contribution in [0.5, 0.6) is 0 Å². The molecule has 0 amide bonds. The van der Waals surface area contributed by atoms with Gasteiger partial charge in [-0.25, -0.2) is 0 Å². The Labute approximate surface area is 96.9 Å². The zero-order valence-electron chi connectivity index (χ0n) is 10.3. The van der Waals surface area contributed by atoms with E-state index in [0.717, 1.165) is 0 Å². The van der Waals surface area contributed by atoms with Crippen molar-refractivity contribution < 1.29 is 0 Å². The molecule has 0 heterocycles. The summed E-state index contributed by atoms with van der Waals surface area (Å²) < 4.78 is 3.54. The Bertz CT molecular complexity index is 283. The van der Waals surface area contributed by atoms with Crippen LogP contribution in [0.4, 0.5) is 0 Å². The summed E-state index contributed by atoms with van der Waals surface area (Å²) in [6, 6.07) is 9.23. The first-order valence-corrected chi connectivity index (χ1v) is 25.3. The molecule has 0 aliphatic carbocycles. The van der Waals surface area contributed by atoms with Crippen molar-refractivity contribution in [3.63, 3.8) is 0 Å². The second-order valence-corrected chi connectivity index (χ2v) is 34.8. The first-order valence-electron chi connectivity index (χ1n) is 5.33. The molecule has 14 heavy (non-hydrogen) atoms. The minimum absolute atomic E-state index is 1.77. The van der Waals surface area contributed by atoms with Gasteiger partial charge in [0.1, 0.15) is 0 Å². The zero-order valence-corrected chi connectivity index (χ0v) is 16.0. The van der Waals surface area contributed by atoms with Crippen molar-refractivity contribution in [3.8, 4) is 0 Å². The number of benzene rings is 1. The van der Waals surface area contributed by atoms with Crippen LogP contribution in [-0.4, -0.2) is 36.8 Å². The Hall–Kier alpha value is 0.817. The fourth-order valence-corrected chi connectivity index (χ4v) is 24.6. The van der Waals surface area contributed by atoms with Gasteiger partial charge in [-0.05, 0) is 0 Å². The van der Waals surface area contributed by atoms with Crippen LogP contribution in [0.25, 0.3) is 0 Å². The molecule has 1 aromatic carbocycles. The van der Waals surface area contributed by atoms with E-state index in [4.69, 9.17) is 0 Å². The van der Waals surface area contributed by atoms with Gasteiger partial charge in [0.25, 0.3) is 0 Å². The van der Waals surface area contributed by atoms with Gasteiger partial charge in [-0.1, -0.05) is 0 Å². The third-order valence-corrected chi connectivity index (χ3v) is 16.3. The van der Waals surface area contributed by atoms with Crippen LogP contribution in [0.15, 0.2) is 24.3 Å². The maximum absolute atomic E-state index is 2.52. The molecule has 0 radical (unpaired) electrons. The van der Waals surface area contributed by atoms with E-state index < -0.39 is 36.8 Å². The standard InChI is InChI=1S/C6H4.6CH3.2Sn/c1-2-4-6-5-3-1;;;;;;;;/h1-4H;6*1H3;;. The Morgan fingerprint density at radius 2 is 0.929 bits per heavy atom. The number of hydrogen-bond donors (Lipinski definition) is 0. The molecule has 0 saturated carbocycles. The Kier molecular flexibility index (Phi) is 4.01. The van der Waals surface area contributed by atoms with Crippen molar-refractivity contribution in [2.24, 2.45) is 0 Å². The van der Waals surface area contributed by atoms with Crippen molar-refractivity contribution >= 4 is 43.9 Å². The van der Waals surface area contributed by atoms with Gasteiger partial charge in [-0.3, -0.25) is 0 Å². The van der Waals surface area contributed by atoms with Crippen molar-refractivity contribution in [1.29, 1.82) is 0 Å². The topological polar surface area (TPSA) is 0 Å². The molecule has 0 saturated heterocycles. The van der Waals surface area contributed by atoms with E-state index in [1.54, 1.807) is 7.16 Å². The summed E-state index contributed by atoms with van der Waals surface area (Å²) in [5.41, 5.74) is 0. The molecule has 0 nitrogen and oxygen atoms in total. The van der Waals surface area contributed by atoms with Gasteiger partial charge in [-0.2, -0.15) is 0 Å². The summed E-state index contributed by atoms with van der Waals surface area (Å²) in [5.74, 6) is 0. The van der Waals surface area contributed by atoms with Gasteiger partial charge in [0, 0.05) is 0 Å². The van der Waals surface area contributed by atoms with E-state index in [1.807, 2.05) is 0 Å². The van der Waals surface area contributed by atoms with Gasteiger partial charge in [-0.15, -0.1) is 0 Å². The van der Waals surface area contributed by atoms with Crippen molar-refractivity contribution in [1.82, 2.24) is 0 Å². The summed E-state index contributed by atoms with van der Waals surface area (Å²) >= 11 is -3.73. The summed E-state index contributed by atoms with van der Waals surface area (Å²) in [7, 11) is 0. The van der Waals surface area contributed by atoms with Crippen LogP contribution in [0, 0.1) is 0 Å². The number of hydrogen-bond acceptors (Lipinski definition) is 0. The second-order valence-electron chi connectivity index (χ2n) is 6.05. The number of rotatable bonds is 2. The maximum atomic E-state index is 2.52. The molecule has 1 rings (SSSR count). The predicted octanol–water partition coefficient (Wildman–Crippen LogP) is 2.78. The molecule has 0 unspecified atom stereocenters. The third kappa shape index (κ3) is 3.16. The average Bonchev–Trinajstić information content (AvgIpc) is 2.01. The fraction of sp³-hybridized carbons (Fsp3) is 0.500. The quantitative estimate of drug-likeness (QED) is 0.666. The molecule has 0 N–H and O–H groups in total. The SMILES string of the molecule is [CH3][Sn]([CH3])([CH3])[c]1cccc[c]1[Sn]([CH3])([CH3])[CH3]. The summed E-state index contributed by atoms with van der Waals surface area (Å²) in [5, 5.41) is 0. The van der Waals surface area contributed by atoms with Crippen LogP contribution in [0.2, 0.25) is 29.6 Å². The van der Waals surface area contributed by atoms with Crippen LogP contribution < -0.4 is 7.16 Å². The van der Waals surface area contributed by atoms with Gasteiger partial charge in [0.2, 0.25) is 0 Å². The Morgan fingerprint density at radius 3 is 1.14 bits per heavy atom. The molecule has 0 spiro atoms. The van der Waals surface area contributed by atoms with Crippen molar-refractivity contribution in [3.05, 3.63) is 24.3 Å². The van der Waals surface area contributed by atoms with Crippen LogP contribution in [0.3, 0.4) is 0 Å². The minimum atomic E-state index is -1.87. The first-order chi connectivity index (χ1) is 6.23. The van der Waals surface area contributed by atoms with Gasteiger partial charge >= 0.3 is 97.8 Å². The molecule has 0 bridgehead atoms. The summed E-state index contributed by atoms with van der Waals surface area (Å²) in [6.45, 7) is 0. The van der Waals surface area contributed by atoms with Crippen LogP contribution in [-0.2, 0) is 0 Å². The van der Waals surface area contributed by atoms with Crippen molar-refractivity contribution in [2.75, 3.05) is 0 Å². The predicted molar refractivity (Wildman–Crippen MR) is 72.4 cm³/mol. The zero-order chi connectivity index (χ0) is 11.0. The Balaban J connectivity index is 3.31. The van der Waals surface area contributed by atoms with Gasteiger partial charge < -0.3 is 0 Å². The van der Waals surface area contributed by atoms with E-state index in [2.05, 4.69) is 53.9 Å². The van der Waals surface area contributed by atoms with Gasteiger partial charge in [0.15, 0.2) is 0 Å². The molecule has 78 valence electrons. The van der Waals surface area contributed by atoms with Crippen LogP contribution >= 0.6 is 0 Å². The van der Waals surface area contributed by atoms with E-state index in [0.29, 0.717) is 0 Å². The van der Waals surface area contributed by atoms with Gasteiger partial charge in [0.05, 0.1) is 0 Å². The van der Waals surface area contributed by atoms with E-state index in [9.17, 15) is 0 Å². The van der Waals surface area contributed by atoms with Crippen molar-refractivity contribution in [2.45, 2.75) is 29.6 Å². The summed E-state index contributed by atoms with van der Waals surface area (Å²) in [4.78, 5) is 15.1. The fourth-order valence-electron chi connectivity index (χ4n) is 1.79. The van der Waals surface area contributed by atoms with E-state index in [-0.39, 0.29) is 0 Å². The van der Waals surface area contributed by atoms with Crippen LogP contribution in [0.1, 0.15) is 0 Å².